The van der Waals surface area contributed by atoms with Crippen LogP contribution in [0.2, 0.25) is 0 Å². The summed E-state index contributed by atoms with van der Waals surface area (Å²) in [5, 5.41) is 0. The highest BCUT2D eigenvalue weighted by Gasteiger charge is 2.09. The molecule has 0 saturated carbocycles. The minimum atomic E-state index is 0.0554. The molecule has 0 atom stereocenters. The fourth-order valence-electron chi connectivity index (χ4n) is 1.42. The third-order valence-corrected chi connectivity index (χ3v) is 2.03. The lowest BCUT2D eigenvalue weighted by atomic mass is 10.0. The van der Waals surface area contributed by atoms with E-state index in [1.165, 1.54) is 0 Å². The summed E-state index contributed by atoms with van der Waals surface area (Å²) in [6.45, 7) is 7.03. The molecule has 0 N–H and O–H groups in total. The third-order valence-electron chi connectivity index (χ3n) is 2.03. The van der Waals surface area contributed by atoms with Crippen molar-refractivity contribution in [3.8, 4) is 0 Å². The quantitative estimate of drug-likeness (QED) is 0.513. The summed E-state index contributed by atoms with van der Waals surface area (Å²) >= 11 is 0. The van der Waals surface area contributed by atoms with Crippen molar-refractivity contribution in [3.63, 3.8) is 0 Å². The highest BCUT2D eigenvalue weighted by molar-refractivity contribution is 6.00. The van der Waals surface area contributed by atoms with Crippen molar-refractivity contribution in [3.05, 3.63) is 29.3 Å². The predicted octanol–water partition coefficient (Wildman–Crippen LogP) is 2.78. The largest absolute Gasteiger partial charge is 0.294 e. The topological polar surface area (TPSA) is 29.4 Å². The second kappa shape index (κ2) is 3.99. The van der Waals surface area contributed by atoms with Crippen LogP contribution in [0.3, 0.4) is 0 Å². The van der Waals surface area contributed by atoms with Gasteiger partial charge in [0.2, 0.25) is 0 Å². The number of carbonyl (C=O) groups is 1. The summed E-state index contributed by atoms with van der Waals surface area (Å²) in [4.78, 5) is 15.1. The minimum Gasteiger partial charge on any atom is -0.294 e. The van der Waals surface area contributed by atoms with E-state index in [1.54, 1.807) is 6.92 Å². The standard InChI is InChI=1S/C11H13NO/c1-4-9-6-5-7-10(12-3)11(9)8(2)13/h5-7H,3-4H2,1-2H3. The lowest BCUT2D eigenvalue weighted by molar-refractivity contribution is 0.101. The number of rotatable bonds is 3. The van der Waals surface area contributed by atoms with Crippen molar-refractivity contribution in [1.29, 1.82) is 0 Å². The van der Waals surface area contributed by atoms with Crippen LogP contribution in [0.5, 0.6) is 0 Å². The number of carbonyl (C=O) groups excluding carboxylic acids is 1. The molecule has 13 heavy (non-hydrogen) atoms. The van der Waals surface area contributed by atoms with Crippen molar-refractivity contribution in [1.82, 2.24) is 0 Å². The Morgan fingerprint density at radius 3 is 2.69 bits per heavy atom. The summed E-state index contributed by atoms with van der Waals surface area (Å²) < 4.78 is 0. The molecule has 0 unspecified atom stereocenters. The van der Waals surface area contributed by atoms with Gasteiger partial charge in [0.1, 0.15) is 0 Å². The van der Waals surface area contributed by atoms with E-state index in [0.717, 1.165) is 12.0 Å². The van der Waals surface area contributed by atoms with E-state index in [1.807, 2.05) is 25.1 Å². The average molecular weight is 175 g/mol. The van der Waals surface area contributed by atoms with E-state index in [2.05, 4.69) is 11.7 Å². The molecule has 0 aliphatic carbocycles. The Kier molecular flexibility index (Phi) is 2.96. The van der Waals surface area contributed by atoms with Gasteiger partial charge in [0.25, 0.3) is 0 Å². The highest BCUT2D eigenvalue weighted by atomic mass is 16.1. The van der Waals surface area contributed by atoms with Crippen LogP contribution in [-0.4, -0.2) is 12.5 Å². The van der Waals surface area contributed by atoms with Gasteiger partial charge in [-0.05, 0) is 31.7 Å². The number of ketones is 1. The number of Topliss-reactive ketones (excluding diaryl/α,β-unsaturated/α-hetero) is 1. The van der Waals surface area contributed by atoms with Gasteiger partial charge in [-0.25, -0.2) is 0 Å². The number of hydrogen-bond donors (Lipinski definition) is 0. The maximum Gasteiger partial charge on any atom is 0.162 e. The zero-order valence-corrected chi connectivity index (χ0v) is 8.00. The molecule has 0 bridgehead atoms. The van der Waals surface area contributed by atoms with Crippen LogP contribution in [0.25, 0.3) is 0 Å². The van der Waals surface area contributed by atoms with Crippen molar-refractivity contribution < 1.29 is 4.79 Å². The molecule has 2 heteroatoms. The molecule has 0 spiro atoms. The maximum absolute atomic E-state index is 11.3. The smallest absolute Gasteiger partial charge is 0.162 e. The first-order valence-electron chi connectivity index (χ1n) is 4.30. The molecular formula is C11H13NO. The van der Waals surface area contributed by atoms with Gasteiger partial charge in [0.15, 0.2) is 5.78 Å². The molecule has 0 fully saturated rings. The Morgan fingerprint density at radius 1 is 1.54 bits per heavy atom. The van der Waals surface area contributed by atoms with Crippen LogP contribution in [0.4, 0.5) is 5.69 Å². The van der Waals surface area contributed by atoms with Crippen LogP contribution >= 0.6 is 0 Å². The first-order valence-corrected chi connectivity index (χ1v) is 4.30. The summed E-state index contributed by atoms with van der Waals surface area (Å²) in [5.41, 5.74) is 2.43. The van der Waals surface area contributed by atoms with Gasteiger partial charge in [0, 0.05) is 5.56 Å². The Bertz CT molecular complexity index is 342. The van der Waals surface area contributed by atoms with Crippen molar-refractivity contribution in [2.75, 3.05) is 0 Å². The van der Waals surface area contributed by atoms with E-state index >= 15 is 0 Å². The molecule has 0 amide bonds. The SMILES string of the molecule is C=Nc1cccc(CC)c1C(C)=O. The lowest BCUT2D eigenvalue weighted by Gasteiger charge is -2.06. The van der Waals surface area contributed by atoms with Crippen LogP contribution < -0.4 is 0 Å². The number of aliphatic imine (C=N–C) groups is 1. The highest BCUT2D eigenvalue weighted by Crippen LogP contribution is 2.23. The van der Waals surface area contributed by atoms with Gasteiger partial charge in [0.05, 0.1) is 5.69 Å². The molecule has 0 aliphatic heterocycles. The summed E-state index contributed by atoms with van der Waals surface area (Å²) in [6.07, 6.45) is 0.846. The summed E-state index contributed by atoms with van der Waals surface area (Å²) in [5.74, 6) is 0.0554. The monoisotopic (exact) mass is 175 g/mol. The molecule has 0 heterocycles. The molecule has 0 saturated heterocycles. The van der Waals surface area contributed by atoms with E-state index in [-0.39, 0.29) is 5.78 Å². The van der Waals surface area contributed by atoms with Gasteiger partial charge >= 0.3 is 0 Å². The number of benzene rings is 1. The second-order valence-electron chi connectivity index (χ2n) is 2.88. The Balaban J connectivity index is 3.38. The van der Waals surface area contributed by atoms with Gasteiger partial charge in [-0.15, -0.1) is 0 Å². The molecular weight excluding hydrogens is 162 g/mol. The van der Waals surface area contributed by atoms with Gasteiger partial charge in [-0.1, -0.05) is 19.1 Å². The number of nitrogens with zero attached hydrogens (tertiary/aromatic N) is 1. The molecule has 2 nitrogen and oxygen atoms in total. The van der Waals surface area contributed by atoms with Crippen LogP contribution in [0.1, 0.15) is 29.8 Å². The fraction of sp³-hybridized carbons (Fsp3) is 0.273. The number of aryl methyl sites for hydroxylation is 1. The first-order chi connectivity index (χ1) is 6.20. The fourth-order valence-corrected chi connectivity index (χ4v) is 1.42. The van der Waals surface area contributed by atoms with Crippen molar-refractivity contribution in [2.45, 2.75) is 20.3 Å². The van der Waals surface area contributed by atoms with E-state index in [0.29, 0.717) is 11.3 Å². The van der Waals surface area contributed by atoms with E-state index in [4.69, 9.17) is 0 Å². The normalized spacial score (nSPS) is 9.69. The Hall–Kier alpha value is -1.44. The maximum atomic E-state index is 11.3. The molecule has 1 aromatic carbocycles. The van der Waals surface area contributed by atoms with Crippen molar-refractivity contribution in [2.24, 2.45) is 4.99 Å². The summed E-state index contributed by atoms with van der Waals surface area (Å²) in [6, 6.07) is 5.66. The molecule has 0 aromatic heterocycles. The second-order valence-corrected chi connectivity index (χ2v) is 2.88. The molecule has 1 aromatic rings. The van der Waals surface area contributed by atoms with E-state index in [9.17, 15) is 4.79 Å². The average Bonchev–Trinajstić information content (AvgIpc) is 2.16. The van der Waals surface area contributed by atoms with Crippen LogP contribution in [0, 0.1) is 0 Å². The molecule has 68 valence electrons. The molecule has 0 radical (unpaired) electrons. The lowest BCUT2D eigenvalue weighted by Crippen LogP contribution is -1.98. The van der Waals surface area contributed by atoms with Crippen LogP contribution in [0.15, 0.2) is 23.2 Å². The molecule has 0 aliphatic rings. The number of hydrogen-bond acceptors (Lipinski definition) is 2. The Labute approximate surface area is 78.3 Å². The minimum absolute atomic E-state index is 0.0554. The van der Waals surface area contributed by atoms with Gasteiger partial charge < -0.3 is 0 Å². The predicted molar refractivity (Wildman–Crippen MR) is 55.0 cm³/mol. The van der Waals surface area contributed by atoms with Gasteiger partial charge in [-0.2, -0.15) is 0 Å². The Morgan fingerprint density at radius 2 is 2.23 bits per heavy atom. The van der Waals surface area contributed by atoms with Crippen LogP contribution in [-0.2, 0) is 6.42 Å². The van der Waals surface area contributed by atoms with Crippen molar-refractivity contribution >= 4 is 18.2 Å². The first kappa shape index (κ1) is 9.65. The zero-order valence-electron chi connectivity index (χ0n) is 8.00. The van der Waals surface area contributed by atoms with E-state index < -0.39 is 0 Å². The summed E-state index contributed by atoms with van der Waals surface area (Å²) in [7, 11) is 0. The van der Waals surface area contributed by atoms with Gasteiger partial charge in [-0.3, -0.25) is 9.79 Å². The third kappa shape index (κ3) is 1.83. The molecule has 1 rings (SSSR count). The zero-order chi connectivity index (χ0) is 9.84.